The Balaban J connectivity index is 2.26. The summed E-state index contributed by atoms with van der Waals surface area (Å²) in [5.41, 5.74) is 1.19. The summed E-state index contributed by atoms with van der Waals surface area (Å²) in [5, 5.41) is 3.42. The smallest absolute Gasteiger partial charge is 0.133 e. The molecule has 1 unspecified atom stereocenters. The number of hydrogen-bond donors (Lipinski definition) is 1. The van der Waals surface area contributed by atoms with Crippen molar-refractivity contribution in [2.45, 2.75) is 6.04 Å². The number of benzene rings is 1. The lowest BCUT2D eigenvalue weighted by Gasteiger charge is -2.25. The minimum Gasteiger partial charge on any atom is -0.496 e. The number of methoxy groups -OCH3 is 1. The van der Waals surface area contributed by atoms with Crippen molar-refractivity contribution < 1.29 is 9.47 Å². The van der Waals surface area contributed by atoms with Crippen LogP contribution in [0, 0.1) is 0 Å². The minimum absolute atomic E-state index is 0.253. The molecule has 0 saturated carbocycles. The van der Waals surface area contributed by atoms with E-state index in [9.17, 15) is 0 Å². The van der Waals surface area contributed by atoms with Gasteiger partial charge in [0.25, 0.3) is 0 Å². The third-order valence-electron chi connectivity index (χ3n) is 2.51. The number of rotatable bonds is 2. The van der Waals surface area contributed by atoms with Gasteiger partial charge in [0.2, 0.25) is 0 Å². The minimum atomic E-state index is 0.253. The molecule has 1 saturated heterocycles. The molecule has 15 heavy (non-hydrogen) atoms. The van der Waals surface area contributed by atoms with Crippen molar-refractivity contribution in [1.29, 1.82) is 0 Å². The third kappa shape index (κ3) is 2.33. The maximum atomic E-state index is 5.44. The van der Waals surface area contributed by atoms with Gasteiger partial charge in [-0.2, -0.15) is 0 Å². The monoisotopic (exact) mass is 271 g/mol. The van der Waals surface area contributed by atoms with Gasteiger partial charge < -0.3 is 14.8 Å². The van der Waals surface area contributed by atoms with Crippen LogP contribution in [0.15, 0.2) is 22.7 Å². The Morgan fingerprint density at radius 1 is 1.53 bits per heavy atom. The lowest BCUT2D eigenvalue weighted by Crippen LogP contribution is -2.34. The molecule has 1 aliphatic rings. The van der Waals surface area contributed by atoms with Crippen LogP contribution in [0.5, 0.6) is 5.75 Å². The van der Waals surface area contributed by atoms with Crippen molar-refractivity contribution in [3.8, 4) is 5.75 Å². The van der Waals surface area contributed by atoms with E-state index in [0.29, 0.717) is 6.61 Å². The molecule has 0 bridgehead atoms. The largest absolute Gasteiger partial charge is 0.496 e. The van der Waals surface area contributed by atoms with Gasteiger partial charge in [-0.3, -0.25) is 0 Å². The molecule has 1 heterocycles. The van der Waals surface area contributed by atoms with Crippen molar-refractivity contribution in [1.82, 2.24) is 5.32 Å². The van der Waals surface area contributed by atoms with Crippen molar-refractivity contribution >= 4 is 15.9 Å². The highest BCUT2D eigenvalue weighted by Gasteiger charge is 2.19. The van der Waals surface area contributed by atoms with Crippen LogP contribution in [0.2, 0.25) is 0 Å². The molecule has 0 aliphatic carbocycles. The normalized spacial score (nSPS) is 21.3. The van der Waals surface area contributed by atoms with E-state index in [1.807, 2.05) is 12.1 Å². The Hall–Kier alpha value is -0.580. The zero-order valence-corrected chi connectivity index (χ0v) is 10.2. The first-order valence-corrected chi connectivity index (χ1v) is 5.75. The van der Waals surface area contributed by atoms with E-state index in [2.05, 4.69) is 27.3 Å². The predicted molar refractivity (Wildman–Crippen MR) is 62.3 cm³/mol. The van der Waals surface area contributed by atoms with Gasteiger partial charge >= 0.3 is 0 Å². The van der Waals surface area contributed by atoms with Gasteiger partial charge in [0.15, 0.2) is 0 Å². The van der Waals surface area contributed by atoms with Gasteiger partial charge in [-0.1, -0.05) is 12.1 Å². The summed E-state index contributed by atoms with van der Waals surface area (Å²) in [6, 6.07) is 6.27. The topological polar surface area (TPSA) is 30.5 Å². The van der Waals surface area contributed by atoms with Crippen molar-refractivity contribution in [3.63, 3.8) is 0 Å². The van der Waals surface area contributed by atoms with Gasteiger partial charge in [0.05, 0.1) is 30.8 Å². The molecule has 1 fully saturated rings. The van der Waals surface area contributed by atoms with Gasteiger partial charge in [-0.05, 0) is 27.6 Å². The molecule has 0 spiro atoms. The second-order valence-electron chi connectivity index (χ2n) is 3.45. The van der Waals surface area contributed by atoms with Crippen molar-refractivity contribution in [2.75, 3.05) is 26.9 Å². The Kier molecular flexibility index (Phi) is 3.61. The lowest BCUT2D eigenvalue weighted by molar-refractivity contribution is 0.0766. The quantitative estimate of drug-likeness (QED) is 0.894. The molecule has 1 aromatic carbocycles. The Labute approximate surface area is 97.9 Å². The fourth-order valence-electron chi connectivity index (χ4n) is 1.72. The van der Waals surface area contributed by atoms with Crippen molar-refractivity contribution in [2.24, 2.45) is 0 Å². The molecular formula is C11H14BrNO2. The molecule has 0 radical (unpaired) electrons. The van der Waals surface area contributed by atoms with Crippen LogP contribution in [0.3, 0.4) is 0 Å². The number of nitrogens with one attached hydrogen (secondary N) is 1. The van der Waals surface area contributed by atoms with Crippen LogP contribution < -0.4 is 10.1 Å². The summed E-state index contributed by atoms with van der Waals surface area (Å²) in [6.07, 6.45) is 0. The Morgan fingerprint density at radius 2 is 2.40 bits per heavy atom. The molecule has 1 N–H and O–H groups in total. The number of halogens is 1. The SMILES string of the molecule is COc1cccc(C2COCCN2)c1Br. The number of hydrogen-bond acceptors (Lipinski definition) is 3. The molecule has 0 aromatic heterocycles. The third-order valence-corrected chi connectivity index (χ3v) is 3.36. The van der Waals surface area contributed by atoms with E-state index < -0.39 is 0 Å². The first-order chi connectivity index (χ1) is 7.33. The molecule has 1 aromatic rings. The van der Waals surface area contributed by atoms with E-state index in [1.165, 1.54) is 5.56 Å². The van der Waals surface area contributed by atoms with Gasteiger partial charge in [0.1, 0.15) is 5.75 Å². The van der Waals surface area contributed by atoms with Gasteiger partial charge in [-0.25, -0.2) is 0 Å². The van der Waals surface area contributed by atoms with Gasteiger partial charge in [-0.15, -0.1) is 0 Å². The number of morpholine rings is 1. The first-order valence-electron chi connectivity index (χ1n) is 4.96. The van der Waals surface area contributed by atoms with E-state index in [1.54, 1.807) is 7.11 Å². The van der Waals surface area contributed by atoms with Crippen LogP contribution in [0.4, 0.5) is 0 Å². The fraction of sp³-hybridized carbons (Fsp3) is 0.455. The van der Waals surface area contributed by atoms with Gasteiger partial charge in [0, 0.05) is 6.54 Å². The standard InChI is InChI=1S/C11H14BrNO2/c1-14-10-4-2-3-8(11(10)12)9-7-15-6-5-13-9/h2-4,9,13H,5-7H2,1H3. The molecule has 3 nitrogen and oxygen atoms in total. The lowest BCUT2D eigenvalue weighted by atomic mass is 10.1. The molecule has 1 aliphatic heterocycles. The molecule has 82 valence electrons. The summed E-state index contributed by atoms with van der Waals surface area (Å²) in [5.74, 6) is 0.861. The maximum absolute atomic E-state index is 5.44. The Morgan fingerprint density at radius 3 is 3.07 bits per heavy atom. The van der Waals surface area contributed by atoms with E-state index >= 15 is 0 Å². The molecule has 2 rings (SSSR count). The average molecular weight is 272 g/mol. The molecule has 1 atom stereocenters. The van der Waals surface area contributed by atoms with Crippen LogP contribution in [0.1, 0.15) is 11.6 Å². The summed E-state index contributed by atoms with van der Waals surface area (Å²) in [6.45, 7) is 2.40. The van der Waals surface area contributed by atoms with Crippen LogP contribution in [0.25, 0.3) is 0 Å². The first kappa shape index (κ1) is 10.9. The Bertz CT molecular complexity index is 337. The highest BCUT2D eigenvalue weighted by atomic mass is 79.9. The highest BCUT2D eigenvalue weighted by molar-refractivity contribution is 9.10. The second-order valence-corrected chi connectivity index (χ2v) is 4.24. The van der Waals surface area contributed by atoms with Crippen LogP contribution in [-0.2, 0) is 4.74 Å². The predicted octanol–water partition coefficient (Wildman–Crippen LogP) is 2.12. The highest BCUT2D eigenvalue weighted by Crippen LogP contribution is 2.32. The number of ether oxygens (including phenoxy) is 2. The molecule has 0 amide bonds. The fourth-order valence-corrected chi connectivity index (χ4v) is 2.42. The van der Waals surface area contributed by atoms with E-state index in [4.69, 9.17) is 9.47 Å². The summed E-state index contributed by atoms with van der Waals surface area (Å²) < 4.78 is 11.7. The second kappa shape index (κ2) is 4.96. The zero-order chi connectivity index (χ0) is 10.7. The van der Waals surface area contributed by atoms with Crippen LogP contribution in [-0.4, -0.2) is 26.9 Å². The maximum Gasteiger partial charge on any atom is 0.133 e. The van der Waals surface area contributed by atoms with Crippen molar-refractivity contribution in [3.05, 3.63) is 28.2 Å². The summed E-state index contributed by atoms with van der Waals surface area (Å²) in [4.78, 5) is 0. The summed E-state index contributed by atoms with van der Waals surface area (Å²) in [7, 11) is 1.68. The zero-order valence-electron chi connectivity index (χ0n) is 8.63. The summed E-state index contributed by atoms with van der Waals surface area (Å²) >= 11 is 3.56. The van der Waals surface area contributed by atoms with Crippen LogP contribution >= 0.6 is 15.9 Å². The average Bonchev–Trinajstić information content (AvgIpc) is 2.30. The van der Waals surface area contributed by atoms with E-state index in [-0.39, 0.29) is 6.04 Å². The molecule has 4 heteroatoms. The molecular weight excluding hydrogens is 258 g/mol. The van der Waals surface area contributed by atoms with E-state index in [0.717, 1.165) is 23.4 Å².